The predicted molar refractivity (Wildman–Crippen MR) is 81.7 cm³/mol. The summed E-state index contributed by atoms with van der Waals surface area (Å²) in [5.74, 6) is 1.97. The van der Waals surface area contributed by atoms with Crippen LogP contribution in [0.2, 0.25) is 0 Å². The van der Waals surface area contributed by atoms with E-state index in [0.29, 0.717) is 29.7 Å². The standard InChI is InChI=1S/C16H16N4O/c1-11-6-8-12(9-7-11)16-18-15(19-20-16)10-21-14-5-3-2-4-13(14)17/h2-9H,10,17H2,1H3,(H,18,19,20). The number of nitrogen functional groups attached to an aromatic ring is 1. The van der Waals surface area contributed by atoms with E-state index in [2.05, 4.69) is 15.2 Å². The largest absolute Gasteiger partial charge is 0.483 e. The van der Waals surface area contributed by atoms with Crippen molar-refractivity contribution in [2.24, 2.45) is 0 Å². The molecule has 5 heteroatoms. The van der Waals surface area contributed by atoms with Crippen molar-refractivity contribution in [3.05, 3.63) is 59.9 Å². The summed E-state index contributed by atoms with van der Waals surface area (Å²) in [5.41, 5.74) is 8.61. The van der Waals surface area contributed by atoms with Crippen LogP contribution in [0.4, 0.5) is 5.69 Å². The Morgan fingerprint density at radius 2 is 1.86 bits per heavy atom. The molecule has 0 aliphatic rings. The fourth-order valence-electron chi connectivity index (χ4n) is 1.95. The van der Waals surface area contributed by atoms with Crippen molar-refractivity contribution in [2.75, 3.05) is 5.73 Å². The van der Waals surface area contributed by atoms with Crippen molar-refractivity contribution < 1.29 is 4.74 Å². The molecule has 1 heterocycles. The van der Waals surface area contributed by atoms with Gasteiger partial charge in [0.25, 0.3) is 0 Å². The summed E-state index contributed by atoms with van der Waals surface area (Å²) in [4.78, 5) is 4.42. The molecule has 0 unspecified atom stereocenters. The first-order chi connectivity index (χ1) is 10.2. The Kier molecular flexibility index (Phi) is 3.55. The number of para-hydroxylation sites is 2. The summed E-state index contributed by atoms with van der Waals surface area (Å²) < 4.78 is 5.63. The van der Waals surface area contributed by atoms with E-state index < -0.39 is 0 Å². The highest BCUT2D eigenvalue weighted by Gasteiger charge is 2.07. The molecule has 106 valence electrons. The van der Waals surface area contributed by atoms with E-state index in [-0.39, 0.29) is 0 Å². The smallest absolute Gasteiger partial charge is 0.181 e. The zero-order valence-electron chi connectivity index (χ0n) is 11.7. The number of anilines is 1. The van der Waals surface area contributed by atoms with E-state index >= 15 is 0 Å². The predicted octanol–water partition coefficient (Wildman–Crippen LogP) is 2.94. The van der Waals surface area contributed by atoms with Gasteiger partial charge in [0.2, 0.25) is 0 Å². The Hall–Kier alpha value is -2.82. The molecule has 0 atom stereocenters. The Labute approximate surface area is 122 Å². The lowest BCUT2D eigenvalue weighted by atomic mass is 10.1. The molecule has 0 fully saturated rings. The zero-order valence-corrected chi connectivity index (χ0v) is 11.7. The quantitative estimate of drug-likeness (QED) is 0.720. The monoisotopic (exact) mass is 280 g/mol. The number of nitrogens with two attached hydrogens (primary N) is 1. The number of benzene rings is 2. The molecule has 3 rings (SSSR count). The third-order valence-electron chi connectivity index (χ3n) is 3.12. The maximum Gasteiger partial charge on any atom is 0.181 e. The Balaban J connectivity index is 1.71. The van der Waals surface area contributed by atoms with Gasteiger partial charge in [0, 0.05) is 5.56 Å². The minimum atomic E-state index is 0.299. The number of aryl methyl sites for hydroxylation is 1. The van der Waals surface area contributed by atoms with Gasteiger partial charge in [-0.1, -0.05) is 42.0 Å². The molecule has 0 spiro atoms. The van der Waals surface area contributed by atoms with Gasteiger partial charge in [0.05, 0.1) is 5.69 Å². The van der Waals surface area contributed by atoms with Crippen LogP contribution in [0.15, 0.2) is 48.5 Å². The van der Waals surface area contributed by atoms with Crippen LogP contribution < -0.4 is 10.5 Å². The van der Waals surface area contributed by atoms with Crippen LogP contribution in [0, 0.1) is 6.92 Å². The average Bonchev–Trinajstić information content (AvgIpc) is 2.96. The van der Waals surface area contributed by atoms with Crippen LogP contribution >= 0.6 is 0 Å². The first-order valence-corrected chi connectivity index (χ1v) is 6.68. The molecule has 0 saturated carbocycles. The van der Waals surface area contributed by atoms with Crippen LogP contribution in [-0.2, 0) is 6.61 Å². The van der Waals surface area contributed by atoms with Gasteiger partial charge in [-0.3, -0.25) is 5.10 Å². The number of aromatic nitrogens is 3. The highest BCUT2D eigenvalue weighted by Crippen LogP contribution is 2.21. The van der Waals surface area contributed by atoms with Gasteiger partial charge in [0.1, 0.15) is 12.4 Å². The van der Waals surface area contributed by atoms with E-state index in [1.54, 1.807) is 6.07 Å². The molecular weight excluding hydrogens is 264 g/mol. The molecule has 21 heavy (non-hydrogen) atoms. The second kappa shape index (κ2) is 5.66. The number of nitrogens with one attached hydrogen (secondary N) is 1. The van der Waals surface area contributed by atoms with Crippen LogP contribution in [0.25, 0.3) is 11.4 Å². The highest BCUT2D eigenvalue weighted by molar-refractivity contribution is 5.55. The Morgan fingerprint density at radius 1 is 1.10 bits per heavy atom. The minimum Gasteiger partial charge on any atom is -0.483 e. The summed E-state index contributed by atoms with van der Waals surface area (Å²) in [6.07, 6.45) is 0. The fraction of sp³-hybridized carbons (Fsp3) is 0.125. The molecule has 0 radical (unpaired) electrons. The average molecular weight is 280 g/mol. The fourth-order valence-corrected chi connectivity index (χ4v) is 1.95. The molecule has 3 aromatic rings. The van der Waals surface area contributed by atoms with E-state index in [9.17, 15) is 0 Å². The van der Waals surface area contributed by atoms with Gasteiger partial charge in [-0.25, -0.2) is 4.98 Å². The van der Waals surface area contributed by atoms with Crippen molar-refractivity contribution in [3.8, 4) is 17.1 Å². The van der Waals surface area contributed by atoms with Gasteiger partial charge in [0.15, 0.2) is 11.6 Å². The van der Waals surface area contributed by atoms with Crippen LogP contribution in [0.1, 0.15) is 11.4 Å². The molecule has 0 aliphatic carbocycles. The van der Waals surface area contributed by atoms with Crippen molar-refractivity contribution in [3.63, 3.8) is 0 Å². The topological polar surface area (TPSA) is 76.8 Å². The Bertz CT molecular complexity index is 734. The molecule has 2 aromatic carbocycles. The maximum atomic E-state index is 5.82. The lowest BCUT2D eigenvalue weighted by Crippen LogP contribution is -2.00. The number of H-pyrrole nitrogens is 1. The summed E-state index contributed by atoms with van der Waals surface area (Å²) in [6, 6.07) is 15.4. The Morgan fingerprint density at radius 3 is 2.62 bits per heavy atom. The molecule has 5 nitrogen and oxygen atoms in total. The van der Waals surface area contributed by atoms with E-state index in [4.69, 9.17) is 10.5 Å². The molecule has 0 saturated heterocycles. The van der Waals surface area contributed by atoms with Crippen molar-refractivity contribution in [1.82, 2.24) is 15.2 Å². The van der Waals surface area contributed by atoms with E-state index in [0.717, 1.165) is 5.56 Å². The first-order valence-electron chi connectivity index (χ1n) is 6.68. The van der Waals surface area contributed by atoms with Gasteiger partial charge < -0.3 is 10.5 Å². The molecular formula is C16H16N4O. The molecule has 3 N–H and O–H groups in total. The van der Waals surface area contributed by atoms with Gasteiger partial charge >= 0.3 is 0 Å². The van der Waals surface area contributed by atoms with Crippen molar-refractivity contribution in [1.29, 1.82) is 0 Å². The van der Waals surface area contributed by atoms with Crippen molar-refractivity contribution >= 4 is 5.69 Å². The second-order valence-corrected chi connectivity index (χ2v) is 4.80. The van der Waals surface area contributed by atoms with E-state index in [1.165, 1.54) is 5.56 Å². The van der Waals surface area contributed by atoms with Gasteiger partial charge in [-0.15, -0.1) is 0 Å². The minimum absolute atomic E-state index is 0.299. The van der Waals surface area contributed by atoms with Crippen LogP contribution in [0.5, 0.6) is 5.75 Å². The van der Waals surface area contributed by atoms with Gasteiger partial charge in [-0.05, 0) is 19.1 Å². The lowest BCUT2D eigenvalue weighted by Gasteiger charge is -2.05. The molecule has 0 aliphatic heterocycles. The number of nitrogens with zero attached hydrogens (tertiary/aromatic N) is 2. The molecule has 1 aromatic heterocycles. The number of aromatic amines is 1. The van der Waals surface area contributed by atoms with Crippen LogP contribution in [-0.4, -0.2) is 15.2 Å². The van der Waals surface area contributed by atoms with E-state index in [1.807, 2.05) is 49.4 Å². The summed E-state index contributed by atoms with van der Waals surface area (Å²) in [5, 5.41) is 7.09. The third kappa shape index (κ3) is 3.02. The second-order valence-electron chi connectivity index (χ2n) is 4.80. The summed E-state index contributed by atoms with van der Waals surface area (Å²) in [7, 11) is 0. The summed E-state index contributed by atoms with van der Waals surface area (Å²) >= 11 is 0. The van der Waals surface area contributed by atoms with Gasteiger partial charge in [-0.2, -0.15) is 5.10 Å². The third-order valence-corrected chi connectivity index (χ3v) is 3.12. The number of hydrogen-bond acceptors (Lipinski definition) is 4. The van der Waals surface area contributed by atoms with Crippen LogP contribution in [0.3, 0.4) is 0 Å². The zero-order chi connectivity index (χ0) is 14.7. The maximum absolute atomic E-state index is 5.82. The lowest BCUT2D eigenvalue weighted by molar-refractivity contribution is 0.298. The molecule has 0 amide bonds. The number of rotatable bonds is 4. The summed E-state index contributed by atoms with van der Waals surface area (Å²) in [6.45, 7) is 2.35. The highest BCUT2D eigenvalue weighted by atomic mass is 16.5. The SMILES string of the molecule is Cc1ccc(-c2n[nH]c(COc3ccccc3N)n2)cc1. The number of ether oxygens (including phenoxy) is 1. The molecule has 0 bridgehead atoms. The normalized spacial score (nSPS) is 10.5. The van der Waals surface area contributed by atoms with Crippen molar-refractivity contribution in [2.45, 2.75) is 13.5 Å². The first kappa shape index (κ1) is 13.2. The number of hydrogen-bond donors (Lipinski definition) is 2.